The molecule has 0 aliphatic carbocycles. The Balaban J connectivity index is 1.61. The molecule has 0 atom stereocenters. The van der Waals surface area contributed by atoms with Gasteiger partial charge in [0.2, 0.25) is 0 Å². The fourth-order valence-electron chi connectivity index (χ4n) is 3.89. The van der Waals surface area contributed by atoms with Gasteiger partial charge in [-0.1, -0.05) is 11.6 Å². The van der Waals surface area contributed by atoms with Crippen molar-refractivity contribution in [2.24, 2.45) is 10.7 Å². The van der Waals surface area contributed by atoms with E-state index in [1.807, 2.05) is 0 Å². The van der Waals surface area contributed by atoms with Crippen molar-refractivity contribution in [2.75, 3.05) is 53.1 Å². The number of amidine groups is 1. The van der Waals surface area contributed by atoms with Crippen molar-refractivity contribution in [2.45, 2.75) is 25.4 Å². The predicted molar refractivity (Wildman–Crippen MR) is 141 cm³/mol. The molecule has 3 rings (SSSR count). The number of nitrogens with one attached hydrogen (secondary N) is 1. The lowest BCUT2D eigenvalue weighted by molar-refractivity contribution is 0.0974. The molecule has 11 heteroatoms. The fourth-order valence-corrected chi connectivity index (χ4v) is 4.06. The molecule has 1 heterocycles. The number of benzene rings is 2. The van der Waals surface area contributed by atoms with Crippen LogP contribution in [0.3, 0.4) is 0 Å². The zero-order chi connectivity index (χ0) is 26.2. The van der Waals surface area contributed by atoms with Crippen LogP contribution in [-0.4, -0.2) is 75.2 Å². The maximum absolute atomic E-state index is 13.5. The molecule has 36 heavy (non-hydrogen) atoms. The number of anilines is 1. The molecular weight excluding hydrogens is 487 g/mol. The lowest BCUT2D eigenvalue weighted by Gasteiger charge is -2.32. The monoisotopic (exact) mass is 520 g/mol. The molecule has 1 aliphatic heterocycles. The minimum Gasteiger partial charge on any atom is -0.493 e. The van der Waals surface area contributed by atoms with E-state index >= 15 is 0 Å². The standard InChI is InChI=1S/C25H34ClFN6O3/c1-32(2)25(34)30-9-4-10-33-11-7-17(8-12-33)36-23-14-18(21(28)15-22(23)35-3)24(29)31-16-5-6-20(27)19(26)13-16/h5-6,13-15,17H,4,7-12,28H2,1-3H3,(H2,29,31)(H,30,34). The van der Waals surface area contributed by atoms with Crippen molar-refractivity contribution in [1.82, 2.24) is 15.1 Å². The topological polar surface area (TPSA) is 118 Å². The number of carbonyl (C=O) groups excluding carboxylic acids is 1. The third-order valence-electron chi connectivity index (χ3n) is 5.93. The van der Waals surface area contributed by atoms with Crippen LogP contribution >= 0.6 is 11.6 Å². The molecule has 0 unspecified atom stereocenters. The van der Waals surface area contributed by atoms with E-state index in [1.54, 1.807) is 33.3 Å². The Morgan fingerprint density at radius 3 is 2.61 bits per heavy atom. The van der Waals surface area contributed by atoms with Gasteiger partial charge in [0.25, 0.3) is 0 Å². The van der Waals surface area contributed by atoms with E-state index in [4.69, 9.17) is 32.5 Å². The number of nitrogens with two attached hydrogens (primary N) is 2. The van der Waals surface area contributed by atoms with Gasteiger partial charge in [-0.2, -0.15) is 0 Å². The number of ether oxygens (including phenoxy) is 2. The number of carbonyl (C=O) groups is 1. The van der Waals surface area contributed by atoms with Crippen molar-refractivity contribution in [3.8, 4) is 11.5 Å². The summed E-state index contributed by atoms with van der Waals surface area (Å²) in [5.41, 5.74) is 13.7. The number of halogens is 2. The molecule has 196 valence electrons. The number of rotatable bonds is 9. The number of aliphatic imine (C=N–C) groups is 1. The van der Waals surface area contributed by atoms with E-state index in [0.717, 1.165) is 38.9 Å². The number of hydrogen-bond donors (Lipinski definition) is 3. The average molecular weight is 521 g/mol. The van der Waals surface area contributed by atoms with Crippen LogP contribution in [0.15, 0.2) is 35.3 Å². The summed E-state index contributed by atoms with van der Waals surface area (Å²) in [5, 5.41) is 2.84. The summed E-state index contributed by atoms with van der Waals surface area (Å²) >= 11 is 5.85. The number of amides is 2. The van der Waals surface area contributed by atoms with Crippen molar-refractivity contribution >= 4 is 34.8 Å². The lowest BCUT2D eigenvalue weighted by atomic mass is 10.1. The molecule has 0 aromatic heterocycles. The lowest BCUT2D eigenvalue weighted by Crippen LogP contribution is -2.40. The summed E-state index contributed by atoms with van der Waals surface area (Å²) in [4.78, 5) is 19.8. The van der Waals surface area contributed by atoms with Gasteiger partial charge in [0.15, 0.2) is 11.5 Å². The third kappa shape index (κ3) is 7.38. The Morgan fingerprint density at radius 1 is 1.25 bits per heavy atom. The van der Waals surface area contributed by atoms with Crippen LogP contribution in [0.4, 0.5) is 20.6 Å². The Hall–Kier alpha value is -3.24. The Bertz CT molecular complexity index is 1090. The van der Waals surface area contributed by atoms with Gasteiger partial charge >= 0.3 is 6.03 Å². The number of likely N-dealkylation sites (tertiary alicyclic amines) is 1. The number of hydrogen-bond acceptors (Lipinski definition) is 6. The molecule has 0 bridgehead atoms. The van der Waals surface area contributed by atoms with Crippen LogP contribution in [0.2, 0.25) is 5.02 Å². The highest BCUT2D eigenvalue weighted by Gasteiger charge is 2.22. The first-order valence-corrected chi connectivity index (χ1v) is 12.2. The van der Waals surface area contributed by atoms with Crippen LogP contribution in [-0.2, 0) is 0 Å². The Labute approximate surface area is 216 Å². The molecule has 1 saturated heterocycles. The van der Waals surface area contributed by atoms with Gasteiger partial charge in [-0.15, -0.1) is 0 Å². The molecular formula is C25H34ClFN6O3. The second kappa shape index (κ2) is 12.6. The summed E-state index contributed by atoms with van der Waals surface area (Å²) in [6, 6.07) is 7.40. The first-order chi connectivity index (χ1) is 17.2. The number of urea groups is 1. The van der Waals surface area contributed by atoms with E-state index < -0.39 is 5.82 Å². The van der Waals surface area contributed by atoms with E-state index in [9.17, 15) is 9.18 Å². The van der Waals surface area contributed by atoms with Crippen molar-refractivity contribution < 1.29 is 18.7 Å². The normalized spacial score (nSPS) is 15.0. The first kappa shape index (κ1) is 27.3. The van der Waals surface area contributed by atoms with Gasteiger partial charge in [0.1, 0.15) is 17.8 Å². The van der Waals surface area contributed by atoms with E-state index in [2.05, 4.69) is 15.2 Å². The molecule has 0 saturated carbocycles. The van der Waals surface area contributed by atoms with E-state index in [1.165, 1.54) is 23.1 Å². The molecule has 9 nitrogen and oxygen atoms in total. The smallest absolute Gasteiger partial charge is 0.316 e. The van der Waals surface area contributed by atoms with Crippen molar-refractivity contribution in [1.29, 1.82) is 0 Å². The Kier molecular flexibility index (Phi) is 9.60. The zero-order valence-corrected chi connectivity index (χ0v) is 21.6. The average Bonchev–Trinajstić information content (AvgIpc) is 2.85. The number of piperidine rings is 1. The SMILES string of the molecule is COc1cc(N)c(C(N)=Nc2ccc(F)c(Cl)c2)cc1OC1CCN(CCCNC(=O)N(C)C)CC1. The van der Waals surface area contributed by atoms with Crippen molar-refractivity contribution in [3.63, 3.8) is 0 Å². The van der Waals surface area contributed by atoms with E-state index in [0.29, 0.717) is 35.0 Å². The molecule has 2 amide bonds. The molecule has 2 aromatic carbocycles. The predicted octanol–water partition coefficient (Wildman–Crippen LogP) is 3.61. The molecule has 0 radical (unpaired) electrons. The highest BCUT2D eigenvalue weighted by Crippen LogP contribution is 2.34. The van der Waals surface area contributed by atoms with Gasteiger partial charge in [-0.25, -0.2) is 14.2 Å². The molecule has 1 aliphatic rings. The number of methoxy groups -OCH3 is 1. The quantitative estimate of drug-likeness (QED) is 0.201. The largest absolute Gasteiger partial charge is 0.493 e. The molecule has 2 aromatic rings. The van der Waals surface area contributed by atoms with Gasteiger partial charge in [-0.05, 0) is 50.1 Å². The summed E-state index contributed by atoms with van der Waals surface area (Å²) in [6.07, 6.45) is 2.60. The maximum atomic E-state index is 13.5. The molecule has 0 spiro atoms. The van der Waals surface area contributed by atoms with Crippen LogP contribution in [0.5, 0.6) is 11.5 Å². The number of nitrogens with zero attached hydrogens (tertiary/aromatic N) is 3. The van der Waals surface area contributed by atoms with E-state index in [-0.39, 0.29) is 23.0 Å². The first-order valence-electron chi connectivity index (χ1n) is 11.8. The summed E-state index contributed by atoms with van der Waals surface area (Å²) < 4.78 is 25.2. The van der Waals surface area contributed by atoms with Gasteiger partial charge in [0.05, 0.1) is 17.8 Å². The second-order valence-electron chi connectivity index (χ2n) is 8.82. The highest BCUT2D eigenvalue weighted by molar-refractivity contribution is 6.31. The van der Waals surface area contributed by atoms with Gasteiger partial charge < -0.3 is 36.1 Å². The third-order valence-corrected chi connectivity index (χ3v) is 6.22. The molecule has 5 N–H and O–H groups in total. The minimum absolute atomic E-state index is 0.00846. The van der Waals surface area contributed by atoms with Crippen LogP contribution in [0.1, 0.15) is 24.8 Å². The van der Waals surface area contributed by atoms with Gasteiger partial charge in [-0.3, -0.25) is 0 Å². The zero-order valence-electron chi connectivity index (χ0n) is 20.9. The maximum Gasteiger partial charge on any atom is 0.316 e. The Morgan fingerprint density at radius 2 is 1.97 bits per heavy atom. The molecule has 1 fully saturated rings. The summed E-state index contributed by atoms with van der Waals surface area (Å²) in [6.45, 7) is 3.35. The van der Waals surface area contributed by atoms with Crippen LogP contribution in [0.25, 0.3) is 0 Å². The van der Waals surface area contributed by atoms with Gasteiger partial charge in [0, 0.05) is 51.0 Å². The van der Waals surface area contributed by atoms with Crippen LogP contribution in [0, 0.1) is 5.82 Å². The summed E-state index contributed by atoms with van der Waals surface area (Å²) in [7, 11) is 5.00. The second-order valence-corrected chi connectivity index (χ2v) is 9.23. The highest BCUT2D eigenvalue weighted by atomic mass is 35.5. The summed E-state index contributed by atoms with van der Waals surface area (Å²) in [5.74, 6) is 0.657. The fraction of sp³-hybridized carbons (Fsp3) is 0.440. The number of nitrogen functional groups attached to an aromatic ring is 1. The van der Waals surface area contributed by atoms with Crippen molar-refractivity contribution in [3.05, 3.63) is 46.7 Å². The minimum atomic E-state index is -0.532. The van der Waals surface area contributed by atoms with Crippen LogP contribution < -0.4 is 26.3 Å².